The third kappa shape index (κ3) is 7.94. The molecular formula is C31H33F6N5O4. The predicted molar refractivity (Wildman–Crippen MR) is 155 cm³/mol. The number of carbonyl (C=O) groups excluding carboxylic acids is 2. The Labute approximate surface area is 260 Å². The lowest BCUT2D eigenvalue weighted by atomic mass is 9.99. The number of para-hydroxylation sites is 1. The van der Waals surface area contributed by atoms with Crippen LogP contribution in [0, 0.1) is 0 Å². The van der Waals surface area contributed by atoms with Gasteiger partial charge in [0.2, 0.25) is 0 Å². The van der Waals surface area contributed by atoms with Gasteiger partial charge in [-0.2, -0.15) is 26.3 Å². The molecule has 46 heavy (non-hydrogen) atoms. The first kappa shape index (κ1) is 33.1. The smallest absolute Gasteiger partial charge is 0.378 e. The van der Waals surface area contributed by atoms with Crippen molar-refractivity contribution in [2.45, 2.75) is 31.7 Å². The van der Waals surface area contributed by atoms with Crippen molar-refractivity contribution in [3.63, 3.8) is 0 Å². The summed E-state index contributed by atoms with van der Waals surface area (Å²) in [5.74, 6) is -1.12. The van der Waals surface area contributed by atoms with E-state index in [0.717, 1.165) is 16.5 Å². The molecule has 2 aromatic carbocycles. The zero-order valence-electron chi connectivity index (χ0n) is 24.9. The Morgan fingerprint density at radius 1 is 1.00 bits per heavy atom. The Kier molecular flexibility index (Phi) is 9.82. The van der Waals surface area contributed by atoms with E-state index in [9.17, 15) is 35.9 Å². The van der Waals surface area contributed by atoms with Gasteiger partial charge < -0.3 is 24.4 Å². The average Bonchev–Trinajstić information content (AvgIpc) is 3.43. The number of nitrogens with one attached hydrogen (secondary N) is 2. The maximum absolute atomic E-state index is 13.7. The molecule has 2 amide bonds. The summed E-state index contributed by atoms with van der Waals surface area (Å²) in [6.07, 6.45) is -6.37. The van der Waals surface area contributed by atoms with Crippen molar-refractivity contribution in [1.82, 2.24) is 25.2 Å². The molecule has 1 atom stereocenters. The molecule has 2 fully saturated rings. The number of piperazine rings is 1. The van der Waals surface area contributed by atoms with Crippen LogP contribution in [0.2, 0.25) is 0 Å². The van der Waals surface area contributed by atoms with Gasteiger partial charge in [0.15, 0.2) is 6.61 Å². The van der Waals surface area contributed by atoms with Crippen molar-refractivity contribution < 1.29 is 45.5 Å². The maximum atomic E-state index is 13.7. The first-order chi connectivity index (χ1) is 21.8. The van der Waals surface area contributed by atoms with Crippen molar-refractivity contribution in [3.8, 4) is 0 Å². The lowest BCUT2D eigenvalue weighted by Gasteiger charge is -2.41. The average molecular weight is 654 g/mol. The molecule has 2 aliphatic rings. The molecule has 0 aliphatic carbocycles. The summed E-state index contributed by atoms with van der Waals surface area (Å²) in [7, 11) is 0. The second-order valence-electron chi connectivity index (χ2n) is 11.2. The van der Waals surface area contributed by atoms with Crippen LogP contribution in [0.15, 0.2) is 60.6 Å². The molecule has 9 nitrogen and oxygen atoms in total. The van der Waals surface area contributed by atoms with E-state index in [2.05, 4.69) is 10.5 Å². The summed E-state index contributed by atoms with van der Waals surface area (Å²) in [6.45, 7) is 3.90. The zero-order chi connectivity index (χ0) is 33.1. The van der Waals surface area contributed by atoms with E-state index in [-0.39, 0.29) is 44.6 Å². The highest BCUT2D eigenvalue weighted by Gasteiger charge is 2.39. The molecule has 3 aromatic rings. The van der Waals surface area contributed by atoms with Gasteiger partial charge in [-0.05, 0) is 43.2 Å². The molecule has 2 saturated heterocycles. The van der Waals surface area contributed by atoms with Crippen LogP contribution in [0.5, 0.6) is 0 Å². The van der Waals surface area contributed by atoms with Crippen LogP contribution in [0.3, 0.4) is 0 Å². The van der Waals surface area contributed by atoms with Crippen LogP contribution in [0.25, 0.3) is 10.9 Å². The highest BCUT2D eigenvalue weighted by atomic mass is 19.4. The Balaban J connectivity index is 1.35. The summed E-state index contributed by atoms with van der Waals surface area (Å²) in [5, 5.41) is 0.886. The Morgan fingerprint density at radius 2 is 1.67 bits per heavy atom. The van der Waals surface area contributed by atoms with Crippen LogP contribution in [-0.2, 0) is 33.1 Å². The van der Waals surface area contributed by atoms with Gasteiger partial charge in [-0.25, -0.2) is 0 Å². The number of hydrogen-bond acceptors (Lipinski definition) is 6. The molecule has 5 rings (SSSR count). The first-order valence-corrected chi connectivity index (χ1v) is 14.6. The summed E-state index contributed by atoms with van der Waals surface area (Å²) < 4.78 is 86.6. The van der Waals surface area contributed by atoms with Gasteiger partial charge in [0.1, 0.15) is 0 Å². The highest BCUT2D eigenvalue weighted by molar-refractivity contribution is 5.95. The SMILES string of the molecule is CC(=CN1CCN(C(=O)c2cc(C(F)(F)F)cc(C(F)(F)F)c2)[C@H](Cc2c[nH]c3ccccc23)C1)NOCC(=O)N1CCOCC1. The largest absolute Gasteiger partial charge is 0.416 e. The Morgan fingerprint density at radius 3 is 2.35 bits per heavy atom. The normalized spacial score (nSPS) is 18.3. The number of halogens is 6. The minimum atomic E-state index is -5.08. The molecule has 15 heteroatoms. The van der Waals surface area contributed by atoms with Crippen LogP contribution in [0.1, 0.15) is 34.0 Å². The van der Waals surface area contributed by atoms with Gasteiger partial charge in [-0.15, -0.1) is 0 Å². The zero-order valence-corrected chi connectivity index (χ0v) is 24.9. The van der Waals surface area contributed by atoms with Crippen molar-refractivity contribution >= 4 is 22.7 Å². The van der Waals surface area contributed by atoms with Gasteiger partial charge in [-0.1, -0.05) is 18.2 Å². The van der Waals surface area contributed by atoms with E-state index in [0.29, 0.717) is 44.1 Å². The molecule has 0 saturated carbocycles. The van der Waals surface area contributed by atoms with Gasteiger partial charge in [0.25, 0.3) is 11.8 Å². The summed E-state index contributed by atoms with van der Waals surface area (Å²) in [6, 6.07) is 7.79. The first-order valence-electron chi connectivity index (χ1n) is 14.6. The third-order valence-electron chi connectivity index (χ3n) is 7.91. The van der Waals surface area contributed by atoms with Crippen molar-refractivity contribution in [2.24, 2.45) is 0 Å². The lowest BCUT2D eigenvalue weighted by Crippen LogP contribution is -2.54. The second-order valence-corrected chi connectivity index (χ2v) is 11.2. The summed E-state index contributed by atoms with van der Waals surface area (Å²) in [4.78, 5) is 39.4. The molecule has 2 N–H and O–H groups in total. The summed E-state index contributed by atoms with van der Waals surface area (Å²) in [5.41, 5.74) is 1.18. The topological polar surface area (TPSA) is 90.1 Å². The van der Waals surface area contributed by atoms with E-state index >= 15 is 0 Å². The van der Waals surface area contributed by atoms with Crippen LogP contribution < -0.4 is 5.48 Å². The number of rotatable bonds is 8. The maximum Gasteiger partial charge on any atom is 0.416 e. The number of amides is 2. The predicted octanol–water partition coefficient (Wildman–Crippen LogP) is 4.82. The number of H-pyrrole nitrogens is 1. The number of allylic oxidation sites excluding steroid dienone is 1. The quantitative estimate of drug-likeness (QED) is 0.268. The van der Waals surface area contributed by atoms with E-state index in [4.69, 9.17) is 9.57 Å². The van der Waals surface area contributed by atoms with E-state index in [1.807, 2.05) is 29.2 Å². The van der Waals surface area contributed by atoms with Gasteiger partial charge in [0.05, 0.1) is 36.1 Å². The summed E-state index contributed by atoms with van der Waals surface area (Å²) >= 11 is 0. The number of ether oxygens (including phenoxy) is 1. The number of alkyl halides is 6. The molecule has 3 heterocycles. The number of carbonyl (C=O) groups is 2. The molecule has 248 valence electrons. The van der Waals surface area contributed by atoms with E-state index in [1.165, 1.54) is 4.90 Å². The molecule has 0 bridgehead atoms. The van der Waals surface area contributed by atoms with Crippen molar-refractivity contribution in [3.05, 3.63) is 82.8 Å². The number of fused-ring (bicyclic) bond motifs is 1. The number of hydrogen-bond donors (Lipinski definition) is 2. The van der Waals surface area contributed by atoms with Crippen molar-refractivity contribution in [1.29, 1.82) is 0 Å². The van der Waals surface area contributed by atoms with Crippen LogP contribution in [0.4, 0.5) is 26.3 Å². The van der Waals surface area contributed by atoms with Crippen molar-refractivity contribution in [2.75, 3.05) is 52.5 Å². The Bertz CT molecular complexity index is 1550. The fraction of sp³-hybridized carbons (Fsp3) is 0.419. The Hall–Kier alpha value is -4.24. The number of hydroxylamine groups is 1. The molecular weight excluding hydrogens is 620 g/mol. The number of morpholine rings is 1. The van der Waals surface area contributed by atoms with Crippen LogP contribution in [-0.4, -0.2) is 90.1 Å². The molecule has 2 aliphatic heterocycles. The van der Waals surface area contributed by atoms with E-state index in [1.54, 1.807) is 24.2 Å². The number of benzene rings is 2. The van der Waals surface area contributed by atoms with Gasteiger partial charge >= 0.3 is 12.4 Å². The fourth-order valence-corrected chi connectivity index (χ4v) is 5.65. The number of nitrogens with zero attached hydrogens (tertiary/aromatic N) is 3. The second kappa shape index (κ2) is 13.6. The monoisotopic (exact) mass is 653 g/mol. The van der Waals surface area contributed by atoms with Crippen LogP contribution >= 0.6 is 0 Å². The minimum Gasteiger partial charge on any atom is -0.378 e. The molecule has 0 spiro atoms. The van der Waals surface area contributed by atoms with Gasteiger partial charge in [0, 0.05) is 61.6 Å². The molecule has 0 unspecified atom stereocenters. The minimum absolute atomic E-state index is 0.00923. The van der Waals surface area contributed by atoms with E-state index < -0.39 is 41.0 Å². The molecule has 0 radical (unpaired) electrons. The highest BCUT2D eigenvalue weighted by Crippen LogP contribution is 2.37. The van der Waals surface area contributed by atoms with Gasteiger partial charge in [-0.3, -0.25) is 19.9 Å². The number of aromatic nitrogens is 1. The standard InChI is InChI=1S/C31H33F6N5O4/c1-20(39-46-19-28(43)41-8-10-45-11-9-41)17-40-6-7-42(25(18-40)14-22-16-38-27-5-3-2-4-26(22)27)29(44)21-12-23(30(32,33)34)15-24(13-21)31(35,36)37/h2-5,12-13,15-17,25,38-39H,6-11,14,18-19H2,1H3/t25-/m1/s1. The third-order valence-corrected chi connectivity index (χ3v) is 7.91. The fourth-order valence-electron chi connectivity index (χ4n) is 5.65. The number of aromatic amines is 1. The lowest BCUT2D eigenvalue weighted by molar-refractivity contribution is -0.143. The molecule has 1 aromatic heterocycles.